The maximum Gasteiger partial charge on any atom is 0.221 e. The molecule has 0 aromatic heterocycles. The first kappa shape index (κ1) is 12.9. The SMILES string of the molecule is CC(=O)Nc1cccc(C(=O)C(C)(C)Br)c1. The minimum atomic E-state index is -0.595. The van der Waals surface area contributed by atoms with Gasteiger partial charge in [-0.05, 0) is 26.0 Å². The molecule has 86 valence electrons. The molecule has 4 heteroatoms. The van der Waals surface area contributed by atoms with E-state index in [1.165, 1.54) is 6.92 Å². The lowest BCUT2D eigenvalue weighted by Crippen LogP contribution is -2.24. The molecule has 0 saturated carbocycles. The molecule has 0 aliphatic carbocycles. The van der Waals surface area contributed by atoms with Gasteiger partial charge >= 0.3 is 0 Å². The zero-order valence-electron chi connectivity index (χ0n) is 9.50. The lowest BCUT2D eigenvalue weighted by Gasteiger charge is -2.15. The van der Waals surface area contributed by atoms with Crippen LogP contribution in [0.4, 0.5) is 5.69 Å². The lowest BCUT2D eigenvalue weighted by molar-refractivity contribution is -0.114. The Morgan fingerprint density at radius 3 is 2.44 bits per heavy atom. The highest BCUT2D eigenvalue weighted by molar-refractivity contribution is 9.10. The molecule has 0 bridgehead atoms. The van der Waals surface area contributed by atoms with Gasteiger partial charge in [0.05, 0.1) is 4.32 Å². The minimum absolute atomic E-state index is 0.0142. The van der Waals surface area contributed by atoms with E-state index in [1.807, 2.05) is 0 Å². The monoisotopic (exact) mass is 283 g/mol. The maximum atomic E-state index is 11.9. The van der Waals surface area contributed by atoms with Crippen LogP contribution in [0.1, 0.15) is 31.1 Å². The van der Waals surface area contributed by atoms with Crippen molar-refractivity contribution in [3.05, 3.63) is 29.8 Å². The Labute approximate surface area is 103 Å². The van der Waals surface area contributed by atoms with Gasteiger partial charge in [0.1, 0.15) is 0 Å². The van der Waals surface area contributed by atoms with Crippen LogP contribution in [-0.2, 0) is 4.79 Å². The average Bonchev–Trinajstić information content (AvgIpc) is 2.14. The number of halogens is 1. The zero-order chi connectivity index (χ0) is 12.3. The molecular weight excluding hydrogens is 270 g/mol. The summed E-state index contributed by atoms with van der Waals surface area (Å²) in [6, 6.07) is 6.90. The van der Waals surface area contributed by atoms with E-state index in [-0.39, 0.29) is 11.7 Å². The third-order valence-corrected chi connectivity index (χ3v) is 2.35. The summed E-state index contributed by atoms with van der Waals surface area (Å²) in [5.41, 5.74) is 1.21. The molecule has 0 unspecified atom stereocenters. The Kier molecular flexibility index (Phi) is 3.86. The van der Waals surface area contributed by atoms with Gasteiger partial charge in [-0.15, -0.1) is 0 Å². The number of anilines is 1. The van der Waals surface area contributed by atoms with E-state index in [4.69, 9.17) is 0 Å². The van der Waals surface area contributed by atoms with Crippen LogP contribution in [0.15, 0.2) is 24.3 Å². The first-order valence-electron chi connectivity index (χ1n) is 4.92. The fourth-order valence-corrected chi connectivity index (χ4v) is 1.51. The van der Waals surface area contributed by atoms with E-state index in [2.05, 4.69) is 21.2 Å². The summed E-state index contributed by atoms with van der Waals surface area (Å²) >= 11 is 3.32. The zero-order valence-corrected chi connectivity index (χ0v) is 11.1. The van der Waals surface area contributed by atoms with Gasteiger partial charge in [0, 0.05) is 18.2 Å². The number of hydrogen-bond donors (Lipinski definition) is 1. The van der Waals surface area contributed by atoms with Crippen LogP contribution in [-0.4, -0.2) is 16.0 Å². The summed E-state index contributed by atoms with van der Waals surface area (Å²) in [5.74, 6) is -0.164. The number of nitrogens with one attached hydrogen (secondary N) is 1. The molecule has 1 aromatic rings. The maximum absolute atomic E-state index is 11.9. The van der Waals surface area contributed by atoms with Crippen LogP contribution in [0.5, 0.6) is 0 Å². The highest BCUT2D eigenvalue weighted by Crippen LogP contribution is 2.23. The summed E-state index contributed by atoms with van der Waals surface area (Å²) < 4.78 is -0.595. The van der Waals surface area contributed by atoms with Crippen molar-refractivity contribution in [2.24, 2.45) is 0 Å². The molecule has 0 fully saturated rings. The highest BCUT2D eigenvalue weighted by atomic mass is 79.9. The molecule has 1 amide bonds. The number of carbonyl (C=O) groups excluding carboxylic acids is 2. The molecule has 0 heterocycles. The van der Waals surface area contributed by atoms with Gasteiger partial charge in [0.15, 0.2) is 5.78 Å². The van der Waals surface area contributed by atoms with Crippen molar-refractivity contribution < 1.29 is 9.59 Å². The molecule has 1 rings (SSSR count). The van der Waals surface area contributed by atoms with Gasteiger partial charge in [-0.3, -0.25) is 9.59 Å². The molecule has 0 saturated heterocycles. The normalized spacial score (nSPS) is 11.0. The smallest absolute Gasteiger partial charge is 0.221 e. The van der Waals surface area contributed by atoms with Crippen molar-refractivity contribution in [3.63, 3.8) is 0 Å². The number of carbonyl (C=O) groups is 2. The molecule has 3 nitrogen and oxygen atoms in total. The fourth-order valence-electron chi connectivity index (χ4n) is 1.28. The molecular formula is C12H14BrNO2. The number of Topliss-reactive ketones (excluding diaryl/α,β-unsaturated/α-hetero) is 1. The first-order valence-corrected chi connectivity index (χ1v) is 5.71. The Bertz CT molecular complexity index is 421. The summed E-state index contributed by atoms with van der Waals surface area (Å²) in [4.78, 5) is 22.8. The molecule has 0 aliphatic heterocycles. The Balaban J connectivity index is 2.99. The Morgan fingerprint density at radius 1 is 1.31 bits per heavy atom. The van der Waals surface area contributed by atoms with Crippen molar-refractivity contribution >= 4 is 33.3 Å². The van der Waals surface area contributed by atoms with Gasteiger partial charge in [-0.1, -0.05) is 28.1 Å². The molecule has 0 spiro atoms. The predicted molar refractivity (Wildman–Crippen MR) is 68.1 cm³/mol. The minimum Gasteiger partial charge on any atom is -0.326 e. The van der Waals surface area contributed by atoms with Crippen LogP contribution in [0.25, 0.3) is 0 Å². The van der Waals surface area contributed by atoms with Gasteiger partial charge < -0.3 is 5.32 Å². The Morgan fingerprint density at radius 2 is 1.94 bits per heavy atom. The summed E-state index contributed by atoms with van der Waals surface area (Å²) in [6.45, 7) is 5.02. The second-order valence-corrected chi connectivity index (χ2v) is 6.05. The van der Waals surface area contributed by atoms with Crippen molar-refractivity contribution in [1.82, 2.24) is 0 Å². The molecule has 0 aliphatic rings. The number of alkyl halides is 1. The van der Waals surface area contributed by atoms with Gasteiger partial charge in [0.2, 0.25) is 5.91 Å². The van der Waals surface area contributed by atoms with E-state index >= 15 is 0 Å². The Hall–Kier alpha value is -1.16. The first-order chi connectivity index (χ1) is 7.30. The van der Waals surface area contributed by atoms with Crippen LogP contribution >= 0.6 is 15.9 Å². The van der Waals surface area contributed by atoms with Crippen LogP contribution in [0, 0.1) is 0 Å². The van der Waals surface area contributed by atoms with E-state index in [0.29, 0.717) is 11.3 Å². The van der Waals surface area contributed by atoms with Gasteiger partial charge in [-0.25, -0.2) is 0 Å². The number of rotatable bonds is 3. The van der Waals surface area contributed by atoms with Gasteiger partial charge in [-0.2, -0.15) is 0 Å². The van der Waals surface area contributed by atoms with Crippen LogP contribution < -0.4 is 5.32 Å². The molecule has 1 N–H and O–H groups in total. The van der Waals surface area contributed by atoms with E-state index < -0.39 is 4.32 Å². The van der Waals surface area contributed by atoms with Gasteiger partial charge in [0.25, 0.3) is 0 Å². The number of amides is 1. The number of ketones is 1. The topological polar surface area (TPSA) is 46.2 Å². The lowest BCUT2D eigenvalue weighted by atomic mass is 10.0. The van der Waals surface area contributed by atoms with Crippen molar-refractivity contribution in [1.29, 1.82) is 0 Å². The molecule has 0 atom stereocenters. The third-order valence-electron chi connectivity index (χ3n) is 1.99. The molecule has 16 heavy (non-hydrogen) atoms. The quantitative estimate of drug-likeness (QED) is 0.685. The predicted octanol–water partition coefficient (Wildman–Crippen LogP) is 3.00. The third kappa shape index (κ3) is 3.45. The largest absolute Gasteiger partial charge is 0.326 e. The van der Waals surface area contributed by atoms with Crippen LogP contribution in [0.2, 0.25) is 0 Å². The molecule has 1 aromatic carbocycles. The highest BCUT2D eigenvalue weighted by Gasteiger charge is 2.24. The average molecular weight is 284 g/mol. The standard InChI is InChI=1S/C12H14BrNO2/c1-8(15)14-10-6-4-5-9(7-10)11(16)12(2,3)13/h4-7H,1-3H3,(H,14,15). The summed E-state index contributed by atoms with van der Waals surface area (Å²) in [6.07, 6.45) is 0. The molecule has 0 radical (unpaired) electrons. The van der Waals surface area contributed by atoms with E-state index in [1.54, 1.807) is 38.1 Å². The van der Waals surface area contributed by atoms with Crippen molar-refractivity contribution in [3.8, 4) is 0 Å². The van der Waals surface area contributed by atoms with E-state index in [0.717, 1.165) is 0 Å². The van der Waals surface area contributed by atoms with Crippen LogP contribution in [0.3, 0.4) is 0 Å². The number of hydrogen-bond acceptors (Lipinski definition) is 2. The number of benzene rings is 1. The summed E-state index contributed by atoms with van der Waals surface area (Å²) in [5, 5.41) is 2.65. The second-order valence-electron chi connectivity index (χ2n) is 4.06. The summed E-state index contributed by atoms with van der Waals surface area (Å²) in [7, 11) is 0. The van der Waals surface area contributed by atoms with Crippen molar-refractivity contribution in [2.75, 3.05) is 5.32 Å². The van der Waals surface area contributed by atoms with Crippen molar-refractivity contribution in [2.45, 2.75) is 25.1 Å². The fraction of sp³-hybridized carbons (Fsp3) is 0.333. The van der Waals surface area contributed by atoms with E-state index in [9.17, 15) is 9.59 Å². The second kappa shape index (κ2) is 4.78.